The summed E-state index contributed by atoms with van der Waals surface area (Å²) in [5.41, 5.74) is 6.20. The van der Waals surface area contributed by atoms with Crippen LogP contribution in [-0.4, -0.2) is 19.6 Å². The molecule has 198 valence electrons. The standard InChI is InChI=1S/C34H24N3O2.Pt/c1-21-18-28-27(23-10-4-3-5-11-23)20-32(36-33(28)34(38)22(21)2)39-24-15-16-26-25-12-6-7-13-29(25)37(30(26)19-24)31-14-8-9-17-35-31;/h3-18,20,38H,1-2H3;/q-1;. The summed E-state index contributed by atoms with van der Waals surface area (Å²) in [5.74, 6) is 1.89. The van der Waals surface area contributed by atoms with E-state index in [-0.39, 0.29) is 26.8 Å². The van der Waals surface area contributed by atoms with E-state index in [0.717, 1.165) is 55.3 Å². The smallest absolute Gasteiger partial charge is 0.217 e. The van der Waals surface area contributed by atoms with Gasteiger partial charge in [0, 0.05) is 50.0 Å². The summed E-state index contributed by atoms with van der Waals surface area (Å²) in [5, 5.41) is 14.1. The molecule has 0 aliphatic rings. The molecule has 0 amide bonds. The van der Waals surface area contributed by atoms with Gasteiger partial charge in [-0.3, -0.25) is 0 Å². The minimum absolute atomic E-state index is 0. The summed E-state index contributed by atoms with van der Waals surface area (Å²) in [6.45, 7) is 3.90. The van der Waals surface area contributed by atoms with E-state index in [1.54, 1.807) is 6.20 Å². The van der Waals surface area contributed by atoms with Gasteiger partial charge in [-0.2, -0.15) is 6.07 Å². The summed E-state index contributed by atoms with van der Waals surface area (Å²) in [6, 6.07) is 35.6. The Hall–Kier alpha value is -4.47. The summed E-state index contributed by atoms with van der Waals surface area (Å²) < 4.78 is 8.45. The summed E-state index contributed by atoms with van der Waals surface area (Å²) in [4.78, 5) is 9.35. The molecule has 40 heavy (non-hydrogen) atoms. The molecule has 0 fully saturated rings. The monoisotopic (exact) mass is 701 g/mol. The third kappa shape index (κ3) is 4.23. The van der Waals surface area contributed by atoms with E-state index in [2.05, 4.69) is 33.8 Å². The topological polar surface area (TPSA) is 60.2 Å². The molecule has 0 radical (unpaired) electrons. The number of aromatic hydroxyl groups is 1. The Bertz CT molecular complexity index is 2020. The van der Waals surface area contributed by atoms with Gasteiger partial charge in [0.1, 0.15) is 17.1 Å². The molecule has 0 spiro atoms. The Morgan fingerprint density at radius 1 is 0.800 bits per heavy atom. The van der Waals surface area contributed by atoms with Gasteiger partial charge in [0.2, 0.25) is 5.88 Å². The number of aryl methyl sites for hydroxylation is 1. The van der Waals surface area contributed by atoms with E-state index in [4.69, 9.17) is 9.72 Å². The molecule has 6 heteroatoms. The van der Waals surface area contributed by atoms with Crippen molar-refractivity contribution in [2.24, 2.45) is 0 Å². The van der Waals surface area contributed by atoms with Crippen molar-refractivity contribution in [1.82, 2.24) is 14.5 Å². The zero-order valence-corrected chi connectivity index (χ0v) is 24.1. The third-order valence-electron chi connectivity index (χ3n) is 7.30. The van der Waals surface area contributed by atoms with Gasteiger partial charge >= 0.3 is 0 Å². The molecule has 5 nitrogen and oxygen atoms in total. The summed E-state index contributed by atoms with van der Waals surface area (Å²) in [6.07, 6.45) is 1.79. The van der Waals surface area contributed by atoms with E-state index in [1.165, 1.54) is 0 Å². The second-order valence-corrected chi connectivity index (χ2v) is 9.66. The van der Waals surface area contributed by atoms with Crippen LogP contribution in [-0.2, 0) is 21.1 Å². The number of nitrogens with zero attached hydrogens (tertiary/aromatic N) is 3. The van der Waals surface area contributed by atoms with Gasteiger partial charge in [0.15, 0.2) is 0 Å². The first-order chi connectivity index (χ1) is 19.1. The molecule has 7 aromatic rings. The molecule has 0 bridgehead atoms. The molecule has 1 N–H and O–H groups in total. The van der Waals surface area contributed by atoms with Crippen LogP contribution < -0.4 is 4.74 Å². The molecular formula is C34H24N3O2Pt-. The van der Waals surface area contributed by atoms with Gasteiger partial charge < -0.3 is 14.4 Å². The van der Waals surface area contributed by atoms with Crippen molar-refractivity contribution in [3.63, 3.8) is 0 Å². The van der Waals surface area contributed by atoms with Crippen LogP contribution in [0.3, 0.4) is 0 Å². The first-order valence-electron chi connectivity index (χ1n) is 12.8. The Labute approximate surface area is 246 Å². The number of phenolic OH excluding ortho intramolecular Hbond substituents is 1. The number of rotatable bonds is 4. The van der Waals surface area contributed by atoms with Crippen LogP contribution in [0.1, 0.15) is 11.1 Å². The maximum absolute atomic E-state index is 11.0. The maximum Gasteiger partial charge on any atom is 0.217 e. The molecule has 3 aromatic heterocycles. The van der Waals surface area contributed by atoms with Gasteiger partial charge in [-0.15, -0.1) is 17.5 Å². The van der Waals surface area contributed by atoms with Gasteiger partial charge in [0.25, 0.3) is 0 Å². The average Bonchev–Trinajstić information content (AvgIpc) is 3.30. The van der Waals surface area contributed by atoms with Crippen molar-refractivity contribution in [2.75, 3.05) is 0 Å². The molecule has 3 heterocycles. The second kappa shape index (κ2) is 10.3. The molecule has 7 rings (SSSR count). The molecule has 0 saturated carbocycles. The number of pyridine rings is 2. The van der Waals surface area contributed by atoms with Crippen molar-refractivity contribution >= 4 is 32.7 Å². The quantitative estimate of drug-likeness (QED) is 0.188. The zero-order valence-electron chi connectivity index (χ0n) is 21.8. The van der Waals surface area contributed by atoms with Crippen molar-refractivity contribution < 1.29 is 30.9 Å². The fourth-order valence-electron chi connectivity index (χ4n) is 5.23. The fourth-order valence-corrected chi connectivity index (χ4v) is 5.23. The van der Waals surface area contributed by atoms with Gasteiger partial charge in [-0.1, -0.05) is 60.1 Å². The van der Waals surface area contributed by atoms with E-state index in [0.29, 0.717) is 17.1 Å². The van der Waals surface area contributed by atoms with E-state index >= 15 is 0 Å². The predicted molar refractivity (Wildman–Crippen MR) is 156 cm³/mol. The van der Waals surface area contributed by atoms with Gasteiger partial charge in [0.05, 0.1) is 0 Å². The fraction of sp³-hybridized carbons (Fsp3) is 0.0588. The minimum atomic E-state index is 0. The molecule has 0 unspecified atom stereocenters. The molecule has 0 aliphatic heterocycles. The van der Waals surface area contributed by atoms with Crippen molar-refractivity contribution in [2.45, 2.75) is 13.8 Å². The SMILES string of the molecule is Cc1cc2c(-c3ccccc3)cc(Oc3[c-]c4c(cc3)c3ccccc3n4-c3ccccn3)nc2c(O)c1C.[Pt]. The predicted octanol–water partition coefficient (Wildman–Crippen LogP) is 8.31. The number of hydrogen-bond acceptors (Lipinski definition) is 4. The number of fused-ring (bicyclic) bond motifs is 4. The molecule has 4 aromatic carbocycles. The summed E-state index contributed by atoms with van der Waals surface area (Å²) in [7, 11) is 0. The van der Waals surface area contributed by atoms with Crippen LogP contribution in [0.15, 0.2) is 103 Å². The van der Waals surface area contributed by atoms with Gasteiger partial charge in [-0.05, 0) is 65.8 Å². The molecule has 0 aliphatic carbocycles. The molecule has 0 atom stereocenters. The van der Waals surface area contributed by atoms with E-state index in [1.807, 2.05) is 92.7 Å². The zero-order chi connectivity index (χ0) is 26.5. The molecular weight excluding hydrogens is 677 g/mol. The third-order valence-corrected chi connectivity index (χ3v) is 7.30. The number of benzene rings is 4. The van der Waals surface area contributed by atoms with Crippen LogP contribution >= 0.6 is 0 Å². The first-order valence-corrected chi connectivity index (χ1v) is 12.8. The van der Waals surface area contributed by atoms with Crippen molar-refractivity contribution in [3.05, 3.63) is 120 Å². The molecule has 0 saturated heterocycles. The van der Waals surface area contributed by atoms with E-state index < -0.39 is 0 Å². The van der Waals surface area contributed by atoms with Crippen LogP contribution in [0.2, 0.25) is 0 Å². The van der Waals surface area contributed by atoms with Crippen molar-refractivity contribution in [3.8, 4) is 34.3 Å². The number of hydrogen-bond donors (Lipinski definition) is 1. The second-order valence-electron chi connectivity index (χ2n) is 9.66. The number of ether oxygens (including phenoxy) is 1. The van der Waals surface area contributed by atoms with Crippen LogP contribution in [0, 0.1) is 19.9 Å². The number of phenols is 1. The average molecular weight is 702 g/mol. The Morgan fingerprint density at radius 3 is 2.38 bits per heavy atom. The van der Waals surface area contributed by atoms with Crippen molar-refractivity contribution in [1.29, 1.82) is 0 Å². The van der Waals surface area contributed by atoms with Crippen LogP contribution in [0.4, 0.5) is 0 Å². The van der Waals surface area contributed by atoms with Crippen LogP contribution in [0.5, 0.6) is 17.4 Å². The number of para-hydroxylation sites is 1. The Morgan fingerprint density at radius 2 is 1.57 bits per heavy atom. The maximum atomic E-state index is 11.0. The van der Waals surface area contributed by atoms with Gasteiger partial charge in [-0.25, -0.2) is 9.97 Å². The largest absolute Gasteiger partial charge is 0.505 e. The normalized spacial score (nSPS) is 11.2. The Balaban J connectivity index is 0.00000289. The summed E-state index contributed by atoms with van der Waals surface area (Å²) >= 11 is 0. The first kappa shape index (κ1) is 25.8. The Kier molecular flexibility index (Phi) is 6.61. The van der Waals surface area contributed by atoms with E-state index in [9.17, 15) is 5.11 Å². The van der Waals surface area contributed by atoms with Crippen LogP contribution in [0.25, 0.3) is 49.7 Å². The minimum Gasteiger partial charge on any atom is -0.505 e. The number of aromatic nitrogens is 3.